The second kappa shape index (κ2) is 6.16. The molecule has 106 valence electrons. The van der Waals surface area contributed by atoms with E-state index in [1.807, 2.05) is 26.8 Å². The van der Waals surface area contributed by atoms with Crippen LogP contribution < -0.4 is 10.2 Å². The highest BCUT2D eigenvalue weighted by Gasteiger charge is 2.15. The predicted octanol–water partition coefficient (Wildman–Crippen LogP) is 1.15. The van der Waals surface area contributed by atoms with Gasteiger partial charge in [-0.2, -0.15) is 4.98 Å². The number of hydrogen-bond acceptors (Lipinski definition) is 6. The van der Waals surface area contributed by atoms with Gasteiger partial charge in [0.05, 0.1) is 6.10 Å². The van der Waals surface area contributed by atoms with Gasteiger partial charge in [-0.1, -0.05) is 0 Å². The average molecular weight is 265 g/mol. The normalized spacial score (nSPS) is 17.7. The van der Waals surface area contributed by atoms with Gasteiger partial charge in [0.15, 0.2) is 0 Å². The molecule has 1 aromatic heterocycles. The molecule has 0 bridgehead atoms. The Hall–Kier alpha value is -1.40. The molecule has 0 saturated carbocycles. The number of hydrazine groups is 1. The Morgan fingerprint density at radius 1 is 1.21 bits per heavy atom. The van der Waals surface area contributed by atoms with Crippen LogP contribution in [0.25, 0.3) is 0 Å². The van der Waals surface area contributed by atoms with Crippen molar-refractivity contribution in [2.75, 3.05) is 38.7 Å². The third-order valence-electron chi connectivity index (χ3n) is 2.95. The lowest BCUT2D eigenvalue weighted by atomic mass is 10.4. The largest absolute Gasteiger partial charge is 0.475 e. The van der Waals surface area contributed by atoms with E-state index in [0.29, 0.717) is 11.8 Å². The van der Waals surface area contributed by atoms with E-state index >= 15 is 0 Å². The maximum atomic E-state index is 5.62. The lowest BCUT2D eigenvalue weighted by Gasteiger charge is -2.32. The standard InChI is InChI=1S/C13H23N5O/c1-10(2)19-12-9-11(3)14-13(15-12)16-18-7-5-17(4)6-8-18/h9-10H,5-8H2,1-4H3,(H,14,15,16). The second-order valence-electron chi connectivity index (χ2n) is 5.24. The second-order valence-corrected chi connectivity index (χ2v) is 5.24. The van der Waals surface area contributed by atoms with Crippen molar-refractivity contribution in [3.05, 3.63) is 11.8 Å². The number of aromatic nitrogens is 2. The number of anilines is 1. The summed E-state index contributed by atoms with van der Waals surface area (Å²) < 4.78 is 5.62. The minimum atomic E-state index is 0.116. The average Bonchev–Trinajstić information content (AvgIpc) is 2.30. The summed E-state index contributed by atoms with van der Waals surface area (Å²) >= 11 is 0. The Bertz CT molecular complexity index is 415. The monoisotopic (exact) mass is 265 g/mol. The maximum Gasteiger partial charge on any atom is 0.241 e. The highest BCUT2D eigenvalue weighted by Crippen LogP contribution is 2.14. The lowest BCUT2D eigenvalue weighted by molar-refractivity contribution is 0.177. The van der Waals surface area contributed by atoms with Crippen LogP contribution in [0.15, 0.2) is 6.07 Å². The molecule has 1 aliphatic heterocycles. The van der Waals surface area contributed by atoms with Crippen LogP contribution in [-0.4, -0.2) is 59.2 Å². The van der Waals surface area contributed by atoms with E-state index < -0.39 is 0 Å². The first-order valence-corrected chi connectivity index (χ1v) is 6.75. The molecule has 0 radical (unpaired) electrons. The zero-order valence-corrected chi connectivity index (χ0v) is 12.2. The minimum absolute atomic E-state index is 0.116. The van der Waals surface area contributed by atoms with Crippen LogP contribution in [0, 0.1) is 6.92 Å². The highest BCUT2D eigenvalue weighted by molar-refractivity contribution is 5.29. The topological polar surface area (TPSA) is 53.5 Å². The van der Waals surface area contributed by atoms with E-state index in [1.165, 1.54) is 0 Å². The Kier molecular flexibility index (Phi) is 4.55. The first-order chi connectivity index (χ1) is 9.02. The van der Waals surface area contributed by atoms with Gasteiger partial charge in [0.1, 0.15) is 0 Å². The van der Waals surface area contributed by atoms with Crippen molar-refractivity contribution in [3.8, 4) is 5.88 Å². The number of aryl methyl sites for hydroxylation is 1. The van der Waals surface area contributed by atoms with Gasteiger partial charge in [-0.25, -0.2) is 9.99 Å². The summed E-state index contributed by atoms with van der Waals surface area (Å²) in [5.41, 5.74) is 4.17. The smallest absolute Gasteiger partial charge is 0.241 e. The summed E-state index contributed by atoms with van der Waals surface area (Å²) in [5, 5.41) is 2.15. The van der Waals surface area contributed by atoms with Gasteiger partial charge in [0, 0.05) is 37.9 Å². The van der Waals surface area contributed by atoms with Crippen molar-refractivity contribution >= 4 is 5.95 Å². The summed E-state index contributed by atoms with van der Waals surface area (Å²) in [6.45, 7) is 9.96. The van der Waals surface area contributed by atoms with Crippen molar-refractivity contribution in [2.24, 2.45) is 0 Å². The predicted molar refractivity (Wildman–Crippen MR) is 75.2 cm³/mol. The van der Waals surface area contributed by atoms with E-state index in [9.17, 15) is 0 Å². The van der Waals surface area contributed by atoms with Crippen LogP contribution in [0.4, 0.5) is 5.95 Å². The van der Waals surface area contributed by atoms with Crippen molar-refractivity contribution in [2.45, 2.75) is 26.9 Å². The number of ether oxygens (including phenoxy) is 1. The van der Waals surface area contributed by atoms with Gasteiger partial charge in [-0.3, -0.25) is 5.43 Å². The fraction of sp³-hybridized carbons (Fsp3) is 0.692. The lowest BCUT2D eigenvalue weighted by Crippen LogP contribution is -2.47. The van der Waals surface area contributed by atoms with Crippen molar-refractivity contribution in [1.82, 2.24) is 19.9 Å². The number of hydrogen-bond donors (Lipinski definition) is 1. The molecule has 6 heteroatoms. The summed E-state index contributed by atoms with van der Waals surface area (Å²) in [4.78, 5) is 11.1. The fourth-order valence-electron chi connectivity index (χ4n) is 1.95. The van der Waals surface area contributed by atoms with Gasteiger partial charge in [0.25, 0.3) is 0 Å². The van der Waals surface area contributed by atoms with Crippen LogP contribution in [0.3, 0.4) is 0 Å². The minimum Gasteiger partial charge on any atom is -0.475 e. The van der Waals surface area contributed by atoms with Crippen LogP contribution in [0.2, 0.25) is 0 Å². The van der Waals surface area contributed by atoms with Crippen molar-refractivity contribution in [3.63, 3.8) is 0 Å². The van der Waals surface area contributed by atoms with Crippen LogP contribution in [0.5, 0.6) is 5.88 Å². The molecule has 2 rings (SSSR count). The van der Waals surface area contributed by atoms with Gasteiger partial charge >= 0.3 is 0 Å². The Labute approximate surface area is 114 Å². The van der Waals surface area contributed by atoms with E-state index in [1.54, 1.807) is 0 Å². The first kappa shape index (κ1) is 14.0. The fourth-order valence-corrected chi connectivity index (χ4v) is 1.95. The third kappa shape index (κ3) is 4.33. The number of rotatable bonds is 4. The van der Waals surface area contributed by atoms with E-state index in [-0.39, 0.29) is 6.10 Å². The molecule has 6 nitrogen and oxygen atoms in total. The number of nitrogens with one attached hydrogen (secondary N) is 1. The van der Waals surface area contributed by atoms with Crippen molar-refractivity contribution < 1.29 is 4.74 Å². The van der Waals surface area contributed by atoms with E-state index in [2.05, 4.69) is 32.4 Å². The van der Waals surface area contributed by atoms with Crippen molar-refractivity contribution in [1.29, 1.82) is 0 Å². The van der Waals surface area contributed by atoms with Crippen LogP contribution in [-0.2, 0) is 0 Å². The zero-order chi connectivity index (χ0) is 13.8. The number of piperazine rings is 1. The zero-order valence-electron chi connectivity index (χ0n) is 12.2. The summed E-state index contributed by atoms with van der Waals surface area (Å²) in [7, 11) is 2.13. The van der Waals surface area contributed by atoms with E-state index in [0.717, 1.165) is 31.9 Å². The SMILES string of the molecule is Cc1cc(OC(C)C)nc(NN2CCN(C)CC2)n1. The van der Waals surface area contributed by atoms with E-state index in [4.69, 9.17) is 4.74 Å². The molecular formula is C13H23N5O. The summed E-state index contributed by atoms with van der Waals surface area (Å²) in [6.07, 6.45) is 0.116. The maximum absolute atomic E-state index is 5.62. The first-order valence-electron chi connectivity index (χ1n) is 6.75. The third-order valence-corrected chi connectivity index (χ3v) is 2.95. The molecule has 0 aromatic carbocycles. The number of likely N-dealkylation sites (N-methyl/N-ethyl adjacent to an activating group) is 1. The Morgan fingerprint density at radius 3 is 2.53 bits per heavy atom. The number of nitrogens with zero attached hydrogens (tertiary/aromatic N) is 4. The molecule has 0 aliphatic carbocycles. The molecule has 2 heterocycles. The molecule has 0 unspecified atom stereocenters. The molecule has 0 spiro atoms. The van der Waals surface area contributed by atoms with Gasteiger partial charge in [-0.15, -0.1) is 0 Å². The Morgan fingerprint density at radius 2 is 1.89 bits per heavy atom. The molecule has 1 aromatic rings. The van der Waals surface area contributed by atoms with Gasteiger partial charge in [-0.05, 0) is 27.8 Å². The molecule has 0 atom stereocenters. The Balaban J connectivity index is 2.01. The molecule has 1 aliphatic rings. The molecule has 1 N–H and O–H groups in total. The summed E-state index contributed by atoms with van der Waals surface area (Å²) in [5.74, 6) is 1.24. The molecule has 1 saturated heterocycles. The highest BCUT2D eigenvalue weighted by atomic mass is 16.5. The van der Waals surface area contributed by atoms with Gasteiger partial charge < -0.3 is 9.64 Å². The quantitative estimate of drug-likeness (QED) is 0.881. The van der Waals surface area contributed by atoms with Crippen LogP contribution in [0.1, 0.15) is 19.5 Å². The van der Waals surface area contributed by atoms with Crippen LogP contribution >= 0.6 is 0 Å². The van der Waals surface area contributed by atoms with Gasteiger partial charge in [0.2, 0.25) is 11.8 Å². The molecular weight excluding hydrogens is 242 g/mol. The molecule has 0 amide bonds. The summed E-state index contributed by atoms with van der Waals surface area (Å²) in [6, 6.07) is 1.86. The molecule has 1 fully saturated rings. The molecule has 19 heavy (non-hydrogen) atoms.